The van der Waals surface area contributed by atoms with Gasteiger partial charge in [-0.3, -0.25) is 14.4 Å². The van der Waals surface area contributed by atoms with E-state index in [0.29, 0.717) is 17.4 Å². The van der Waals surface area contributed by atoms with E-state index in [9.17, 15) is 14.4 Å². The summed E-state index contributed by atoms with van der Waals surface area (Å²) in [5.74, 6) is -1.31. The van der Waals surface area contributed by atoms with Crippen molar-refractivity contribution in [2.75, 3.05) is 19.7 Å². The van der Waals surface area contributed by atoms with Crippen LogP contribution in [0.5, 0.6) is 0 Å². The number of nitrogens with zero attached hydrogens (tertiary/aromatic N) is 1. The van der Waals surface area contributed by atoms with Crippen molar-refractivity contribution in [2.24, 2.45) is 0 Å². The summed E-state index contributed by atoms with van der Waals surface area (Å²) in [6.45, 7) is 0.815. The van der Waals surface area contributed by atoms with Crippen molar-refractivity contribution in [3.63, 3.8) is 0 Å². The van der Waals surface area contributed by atoms with E-state index in [-0.39, 0.29) is 36.6 Å². The molecule has 1 aliphatic rings. The Balaban J connectivity index is 1.87. The Bertz CT molecular complexity index is 863. The fraction of sp³-hybridized carbons (Fsp3) is 0.312. The third kappa shape index (κ3) is 3.49. The van der Waals surface area contributed by atoms with E-state index in [1.54, 1.807) is 18.2 Å². The number of fused-ring (bicyclic) bond motifs is 1. The highest BCUT2D eigenvalue weighted by Crippen LogP contribution is 2.17. The van der Waals surface area contributed by atoms with Crippen LogP contribution in [0.3, 0.4) is 0 Å². The molecule has 0 bridgehead atoms. The number of carbonyl (C=O) groups is 2. The Morgan fingerprint density at radius 1 is 1.38 bits per heavy atom. The second kappa shape index (κ2) is 6.74. The number of carboxylic acids is 1. The fourth-order valence-electron chi connectivity index (χ4n) is 2.73. The monoisotopic (exact) mass is 394 g/mol. The van der Waals surface area contributed by atoms with Gasteiger partial charge in [-0.25, -0.2) is 0 Å². The number of morpholine rings is 1. The molecule has 2 heterocycles. The van der Waals surface area contributed by atoms with Gasteiger partial charge in [0.15, 0.2) is 5.43 Å². The molecular weight excluding hydrogens is 380 g/mol. The van der Waals surface area contributed by atoms with Gasteiger partial charge in [0.2, 0.25) is 0 Å². The van der Waals surface area contributed by atoms with Gasteiger partial charge in [0.25, 0.3) is 5.91 Å². The molecule has 1 aliphatic heterocycles. The molecule has 1 aromatic heterocycles. The van der Waals surface area contributed by atoms with Crippen molar-refractivity contribution in [1.29, 1.82) is 0 Å². The maximum atomic E-state index is 12.6. The van der Waals surface area contributed by atoms with Gasteiger partial charge in [0.05, 0.1) is 19.1 Å². The van der Waals surface area contributed by atoms with Crippen LogP contribution in [0.1, 0.15) is 16.9 Å². The first-order chi connectivity index (χ1) is 11.4. The minimum atomic E-state index is -0.973. The summed E-state index contributed by atoms with van der Waals surface area (Å²) in [6.07, 6.45) is -0.699. The summed E-state index contributed by atoms with van der Waals surface area (Å²) in [5.41, 5.74) is 0.513. The van der Waals surface area contributed by atoms with Gasteiger partial charge in [-0.1, -0.05) is 15.9 Å². The smallest absolute Gasteiger partial charge is 0.306 e. The summed E-state index contributed by atoms with van der Waals surface area (Å²) in [4.78, 5) is 40.2. The van der Waals surface area contributed by atoms with Crippen molar-refractivity contribution >= 4 is 38.7 Å². The molecule has 1 unspecified atom stereocenters. The SMILES string of the molecule is O=C(O)CC1CN(C(=O)c2cc(=O)c3cc(Br)ccc3[nH]2)CCO1. The van der Waals surface area contributed by atoms with Crippen LogP contribution in [0, 0.1) is 0 Å². The number of amides is 1. The van der Waals surface area contributed by atoms with E-state index in [0.717, 1.165) is 4.47 Å². The zero-order chi connectivity index (χ0) is 17.3. The minimum absolute atomic E-state index is 0.161. The molecule has 0 radical (unpaired) electrons. The Morgan fingerprint density at radius 3 is 2.92 bits per heavy atom. The molecule has 2 aromatic rings. The van der Waals surface area contributed by atoms with Gasteiger partial charge >= 0.3 is 5.97 Å². The van der Waals surface area contributed by atoms with E-state index >= 15 is 0 Å². The highest BCUT2D eigenvalue weighted by Gasteiger charge is 2.27. The van der Waals surface area contributed by atoms with Gasteiger partial charge in [0.1, 0.15) is 5.69 Å². The van der Waals surface area contributed by atoms with Gasteiger partial charge < -0.3 is 19.7 Å². The van der Waals surface area contributed by atoms with Crippen LogP contribution in [0.25, 0.3) is 10.9 Å². The normalized spacial score (nSPS) is 17.9. The largest absolute Gasteiger partial charge is 0.481 e. The van der Waals surface area contributed by atoms with Crippen molar-refractivity contribution < 1.29 is 19.4 Å². The number of aromatic nitrogens is 1. The molecule has 1 saturated heterocycles. The van der Waals surface area contributed by atoms with Crippen LogP contribution in [-0.4, -0.2) is 52.7 Å². The number of ether oxygens (including phenoxy) is 1. The van der Waals surface area contributed by atoms with Crippen LogP contribution < -0.4 is 5.43 Å². The Labute approximate surface area is 145 Å². The first-order valence-corrected chi connectivity index (χ1v) is 8.18. The predicted molar refractivity (Wildman–Crippen MR) is 90.2 cm³/mol. The third-order valence-corrected chi connectivity index (χ3v) is 4.34. The predicted octanol–water partition coefficient (Wildman–Crippen LogP) is 1.61. The molecule has 1 amide bonds. The zero-order valence-corrected chi connectivity index (χ0v) is 14.2. The molecule has 1 fully saturated rings. The van der Waals surface area contributed by atoms with E-state index < -0.39 is 12.1 Å². The third-order valence-electron chi connectivity index (χ3n) is 3.85. The molecular formula is C16H15BrN2O5. The maximum Gasteiger partial charge on any atom is 0.306 e. The quantitative estimate of drug-likeness (QED) is 0.823. The molecule has 0 saturated carbocycles. The minimum Gasteiger partial charge on any atom is -0.481 e. The molecule has 126 valence electrons. The molecule has 3 rings (SSSR count). The number of rotatable bonds is 3. The Morgan fingerprint density at radius 2 is 2.17 bits per heavy atom. The van der Waals surface area contributed by atoms with Gasteiger partial charge in [0, 0.05) is 34.5 Å². The number of hydrogen-bond donors (Lipinski definition) is 2. The lowest BCUT2D eigenvalue weighted by Crippen LogP contribution is -2.46. The van der Waals surface area contributed by atoms with Gasteiger partial charge in [-0.15, -0.1) is 0 Å². The number of carboxylic acid groups (broad SMARTS) is 1. The average molecular weight is 395 g/mol. The van der Waals surface area contributed by atoms with Gasteiger partial charge in [-0.2, -0.15) is 0 Å². The van der Waals surface area contributed by atoms with E-state index in [1.165, 1.54) is 11.0 Å². The number of benzene rings is 1. The average Bonchev–Trinajstić information content (AvgIpc) is 2.54. The van der Waals surface area contributed by atoms with Crippen LogP contribution in [0.2, 0.25) is 0 Å². The number of carbonyl (C=O) groups excluding carboxylic acids is 1. The number of hydrogen-bond acceptors (Lipinski definition) is 4. The highest BCUT2D eigenvalue weighted by molar-refractivity contribution is 9.10. The van der Waals surface area contributed by atoms with Crippen molar-refractivity contribution in [3.05, 3.63) is 44.7 Å². The first-order valence-electron chi connectivity index (χ1n) is 7.39. The summed E-state index contributed by atoms with van der Waals surface area (Å²) >= 11 is 3.31. The molecule has 7 nitrogen and oxygen atoms in total. The van der Waals surface area contributed by atoms with E-state index in [1.807, 2.05) is 0 Å². The number of nitrogens with one attached hydrogen (secondary N) is 1. The maximum absolute atomic E-state index is 12.6. The standard InChI is InChI=1S/C16H15BrN2O5/c17-9-1-2-12-11(5-9)14(20)7-13(18-12)16(23)19-3-4-24-10(8-19)6-15(21)22/h1-2,5,7,10H,3-4,6,8H2,(H,18,20)(H,21,22). The van der Waals surface area contributed by atoms with Crippen molar-refractivity contribution in [3.8, 4) is 0 Å². The topological polar surface area (TPSA) is 99.7 Å². The second-order valence-electron chi connectivity index (χ2n) is 5.58. The fourth-order valence-corrected chi connectivity index (χ4v) is 3.09. The van der Waals surface area contributed by atoms with Crippen LogP contribution in [0.4, 0.5) is 0 Å². The number of aliphatic carboxylic acids is 1. The molecule has 1 aromatic carbocycles. The number of pyridine rings is 1. The lowest BCUT2D eigenvalue weighted by Gasteiger charge is -2.32. The lowest BCUT2D eigenvalue weighted by atomic mass is 10.1. The lowest BCUT2D eigenvalue weighted by molar-refractivity contribution is -0.141. The summed E-state index contributed by atoms with van der Waals surface area (Å²) in [7, 11) is 0. The summed E-state index contributed by atoms with van der Waals surface area (Å²) in [5, 5.41) is 9.34. The number of H-pyrrole nitrogens is 1. The second-order valence-corrected chi connectivity index (χ2v) is 6.49. The molecule has 24 heavy (non-hydrogen) atoms. The van der Waals surface area contributed by atoms with E-state index in [4.69, 9.17) is 9.84 Å². The number of halogens is 1. The molecule has 0 aliphatic carbocycles. The number of aromatic amines is 1. The van der Waals surface area contributed by atoms with Crippen LogP contribution in [-0.2, 0) is 9.53 Å². The first kappa shape index (κ1) is 16.7. The van der Waals surface area contributed by atoms with Crippen molar-refractivity contribution in [2.45, 2.75) is 12.5 Å². The molecule has 1 atom stereocenters. The molecule has 0 spiro atoms. The zero-order valence-electron chi connectivity index (χ0n) is 12.6. The van der Waals surface area contributed by atoms with Crippen molar-refractivity contribution in [1.82, 2.24) is 9.88 Å². The Kier molecular flexibility index (Phi) is 4.68. The van der Waals surface area contributed by atoms with Crippen LogP contribution >= 0.6 is 15.9 Å². The van der Waals surface area contributed by atoms with Crippen LogP contribution in [0.15, 0.2) is 33.5 Å². The Hall–Kier alpha value is -2.19. The molecule has 2 N–H and O–H groups in total. The summed E-state index contributed by atoms with van der Waals surface area (Å²) < 4.78 is 6.14. The van der Waals surface area contributed by atoms with E-state index in [2.05, 4.69) is 20.9 Å². The summed E-state index contributed by atoms with van der Waals surface area (Å²) in [6, 6.07) is 6.48. The van der Waals surface area contributed by atoms with Gasteiger partial charge in [-0.05, 0) is 18.2 Å². The highest BCUT2D eigenvalue weighted by atomic mass is 79.9. The molecule has 8 heteroatoms.